The first-order chi connectivity index (χ1) is 4.58. The maximum atomic E-state index is 9.63. The van der Waals surface area contributed by atoms with Crippen LogP contribution in [0.3, 0.4) is 0 Å². The van der Waals surface area contributed by atoms with Gasteiger partial charge in [0.2, 0.25) is 0 Å². The average Bonchev–Trinajstić information content (AvgIpc) is 1.83. The fourth-order valence-electron chi connectivity index (χ4n) is 1.62. The van der Waals surface area contributed by atoms with Gasteiger partial charge in [-0.2, -0.15) is 5.26 Å². The summed E-state index contributed by atoms with van der Waals surface area (Å²) in [5.41, 5.74) is -0.659. The van der Waals surface area contributed by atoms with Gasteiger partial charge in [0, 0.05) is 0 Å². The van der Waals surface area contributed by atoms with Gasteiger partial charge in [0.05, 0.1) is 17.6 Å². The summed E-state index contributed by atoms with van der Waals surface area (Å²) in [6, 6.07) is 2.08. The van der Waals surface area contributed by atoms with Crippen LogP contribution in [0.15, 0.2) is 0 Å². The van der Waals surface area contributed by atoms with Gasteiger partial charge in [-0.15, -0.1) is 0 Å². The Hall–Kier alpha value is -0.550. The van der Waals surface area contributed by atoms with Crippen LogP contribution in [0.5, 0.6) is 0 Å². The summed E-state index contributed by atoms with van der Waals surface area (Å²) in [5.74, 6) is 0.393. The molecule has 2 heteroatoms. The molecule has 1 aliphatic carbocycles. The molecule has 56 valence electrons. The number of nitrogens with zero attached hydrogens (tertiary/aromatic N) is 1. The van der Waals surface area contributed by atoms with Crippen molar-refractivity contribution in [1.29, 1.82) is 5.26 Å². The van der Waals surface area contributed by atoms with Crippen LogP contribution in [0.25, 0.3) is 0 Å². The van der Waals surface area contributed by atoms with Crippen LogP contribution >= 0.6 is 0 Å². The van der Waals surface area contributed by atoms with E-state index in [9.17, 15) is 5.11 Å². The van der Waals surface area contributed by atoms with Gasteiger partial charge in [-0.25, -0.2) is 0 Å². The van der Waals surface area contributed by atoms with E-state index in [4.69, 9.17) is 5.26 Å². The van der Waals surface area contributed by atoms with Gasteiger partial charge in [0.1, 0.15) is 0 Å². The van der Waals surface area contributed by atoms with Crippen LogP contribution in [0.4, 0.5) is 0 Å². The van der Waals surface area contributed by atoms with Gasteiger partial charge in [-0.05, 0) is 25.7 Å². The number of hydrogen-bond acceptors (Lipinski definition) is 2. The van der Waals surface area contributed by atoms with Crippen LogP contribution in [-0.4, -0.2) is 10.7 Å². The van der Waals surface area contributed by atoms with Crippen molar-refractivity contribution in [1.82, 2.24) is 0 Å². The Morgan fingerprint density at radius 3 is 2.50 bits per heavy atom. The monoisotopic (exact) mass is 139 g/mol. The third kappa shape index (κ3) is 1.02. The molecular weight excluding hydrogens is 126 g/mol. The highest BCUT2D eigenvalue weighted by molar-refractivity contribution is 5.03. The summed E-state index contributed by atoms with van der Waals surface area (Å²) >= 11 is 0. The van der Waals surface area contributed by atoms with E-state index in [-0.39, 0.29) is 5.92 Å². The predicted molar refractivity (Wildman–Crippen MR) is 38.1 cm³/mol. The molecule has 0 spiro atoms. The van der Waals surface area contributed by atoms with Gasteiger partial charge in [0.25, 0.3) is 0 Å². The van der Waals surface area contributed by atoms with Crippen LogP contribution in [0.2, 0.25) is 0 Å². The molecule has 0 aromatic rings. The number of nitriles is 1. The molecule has 0 radical (unpaired) electrons. The van der Waals surface area contributed by atoms with Gasteiger partial charge in [0.15, 0.2) is 0 Å². The number of hydrogen-bond donors (Lipinski definition) is 1. The molecule has 1 aliphatic rings. The quantitative estimate of drug-likeness (QED) is 0.595. The molecule has 0 aliphatic heterocycles. The molecule has 0 aromatic heterocycles. The summed E-state index contributed by atoms with van der Waals surface area (Å²) in [4.78, 5) is 0. The molecule has 10 heavy (non-hydrogen) atoms. The molecule has 0 amide bonds. The third-order valence-electron chi connectivity index (χ3n) is 2.40. The minimum atomic E-state index is -0.659. The summed E-state index contributed by atoms with van der Waals surface area (Å²) in [6.45, 7) is 3.88. The van der Waals surface area contributed by atoms with Crippen molar-refractivity contribution in [2.75, 3.05) is 0 Å². The molecule has 1 fully saturated rings. The molecular formula is C8H13NO. The summed E-state index contributed by atoms with van der Waals surface area (Å²) in [6.07, 6.45) is 1.59. The zero-order valence-corrected chi connectivity index (χ0v) is 6.46. The second kappa shape index (κ2) is 2.25. The Morgan fingerprint density at radius 2 is 2.20 bits per heavy atom. The lowest BCUT2D eigenvalue weighted by molar-refractivity contribution is -0.0923. The predicted octanol–water partition coefficient (Wildman–Crippen LogP) is 1.31. The summed E-state index contributed by atoms with van der Waals surface area (Å²) < 4.78 is 0. The van der Waals surface area contributed by atoms with Crippen molar-refractivity contribution >= 4 is 0 Å². The van der Waals surface area contributed by atoms with E-state index in [1.54, 1.807) is 6.92 Å². The normalized spacial score (nSPS) is 41.6. The molecule has 1 unspecified atom stereocenters. The van der Waals surface area contributed by atoms with Crippen molar-refractivity contribution in [3.05, 3.63) is 0 Å². The van der Waals surface area contributed by atoms with Gasteiger partial charge < -0.3 is 5.11 Å². The fraction of sp³-hybridized carbons (Fsp3) is 0.875. The second-order valence-electron chi connectivity index (χ2n) is 3.47. The number of rotatable bonds is 1. The Kier molecular flexibility index (Phi) is 1.70. The van der Waals surface area contributed by atoms with Gasteiger partial charge in [-0.3, -0.25) is 0 Å². The Labute approximate surface area is 61.5 Å². The molecule has 0 heterocycles. The lowest BCUT2D eigenvalue weighted by Gasteiger charge is -2.43. The van der Waals surface area contributed by atoms with Gasteiger partial charge in [-0.1, -0.05) is 6.92 Å². The van der Waals surface area contributed by atoms with E-state index in [0.717, 1.165) is 12.8 Å². The average molecular weight is 139 g/mol. The zero-order valence-electron chi connectivity index (χ0n) is 6.46. The summed E-state index contributed by atoms with van der Waals surface area (Å²) in [7, 11) is 0. The minimum Gasteiger partial charge on any atom is -0.389 e. The molecule has 1 N–H and O–H groups in total. The second-order valence-corrected chi connectivity index (χ2v) is 3.47. The van der Waals surface area contributed by atoms with E-state index in [0.29, 0.717) is 5.92 Å². The Balaban J connectivity index is 2.50. The molecule has 1 rings (SSSR count). The molecule has 0 aromatic carbocycles. The minimum absolute atomic E-state index is 0.205. The SMILES string of the molecule is CC1CC(O)(C(C)C#N)C1. The topological polar surface area (TPSA) is 44.0 Å². The molecule has 2 nitrogen and oxygen atoms in total. The van der Waals surface area contributed by atoms with Crippen molar-refractivity contribution in [3.8, 4) is 6.07 Å². The molecule has 0 saturated heterocycles. The lowest BCUT2D eigenvalue weighted by atomic mass is 9.66. The van der Waals surface area contributed by atoms with Crippen LogP contribution < -0.4 is 0 Å². The van der Waals surface area contributed by atoms with E-state index >= 15 is 0 Å². The van der Waals surface area contributed by atoms with Crippen LogP contribution in [-0.2, 0) is 0 Å². The first-order valence-electron chi connectivity index (χ1n) is 3.70. The first-order valence-corrected chi connectivity index (χ1v) is 3.70. The van der Waals surface area contributed by atoms with Crippen LogP contribution in [0, 0.1) is 23.2 Å². The molecule has 1 saturated carbocycles. The van der Waals surface area contributed by atoms with Crippen molar-refractivity contribution in [2.45, 2.75) is 32.3 Å². The van der Waals surface area contributed by atoms with Crippen LogP contribution in [0.1, 0.15) is 26.7 Å². The fourth-order valence-corrected chi connectivity index (χ4v) is 1.62. The lowest BCUT2D eigenvalue weighted by Crippen LogP contribution is -2.47. The zero-order chi connectivity index (χ0) is 7.78. The first kappa shape index (κ1) is 7.56. The van der Waals surface area contributed by atoms with Crippen molar-refractivity contribution in [3.63, 3.8) is 0 Å². The van der Waals surface area contributed by atoms with E-state index in [2.05, 4.69) is 13.0 Å². The van der Waals surface area contributed by atoms with E-state index < -0.39 is 5.60 Å². The van der Waals surface area contributed by atoms with Gasteiger partial charge >= 0.3 is 0 Å². The van der Waals surface area contributed by atoms with E-state index in [1.807, 2.05) is 0 Å². The Bertz CT molecular complexity index is 165. The Morgan fingerprint density at radius 1 is 1.70 bits per heavy atom. The highest BCUT2D eigenvalue weighted by atomic mass is 16.3. The molecule has 0 bridgehead atoms. The van der Waals surface area contributed by atoms with E-state index in [1.165, 1.54) is 0 Å². The third-order valence-corrected chi connectivity index (χ3v) is 2.40. The standard InChI is InChI=1S/C8H13NO/c1-6-3-8(10,4-6)7(2)5-9/h6-7,10H,3-4H2,1-2H3. The maximum absolute atomic E-state index is 9.63. The smallest absolute Gasteiger partial charge is 0.0807 e. The highest BCUT2D eigenvalue weighted by Crippen LogP contribution is 2.42. The maximum Gasteiger partial charge on any atom is 0.0807 e. The largest absolute Gasteiger partial charge is 0.389 e. The highest BCUT2D eigenvalue weighted by Gasteiger charge is 2.44. The summed E-state index contributed by atoms with van der Waals surface area (Å²) in [5, 5.41) is 18.1. The van der Waals surface area contributed by atoms with Crippen molar-refractivity contribution < 1.29 is 5.11 Å². The molecule has 1 atom stereocenters. The van der Waals surface area contributed by atoms with Crippen molar-refractivity contribution in [2.24, 2.45) is 11.8 Å². The number of aliphatic hydroxyl groups is 1.